The predicted molar refractivity (Wildman–Crippen MR) is 1.37 cm³/mol. The molecule has 5 heteroatoms. The fourth-order valence-electron chi connectivity index (χ4n) is 0. The van der Waals surface area contributed by atoms with Crippen LogP contribution in [0.15, 0.2) is 0 Å². The molecule has 0 heterocycles. The van der Waals surface area contributed by atoms with E-state index in [-0.39, 0.29) is 29.6 Å². The molecule has 24 valence electrons. The zero-order valence-corrected chi connectivity index (χ0v) is 7.89. The van der Waals surface area contributed by atoms with E-state index in [1.807, 2.05) is 0 Å². The molecule has 0 aliphatic rings. The Morgan fingerprint density at radius 3 is 1.40 bits per heavy atom. The topological polar surface area (TPSA) is 57.2 Å². The van der Waals surface area contributed by atoms with E-state index in [0.717, 1.165) is 0 Å². The zero-order valence-electron chi connectivity index (χ0n) is 2.67. The van der Waals surface area contributed by atoms with Gasteiger partial charge < -0.3 is 0 Å². The van der Waals surface area contributed by atoms with Crippen LogP contribution in [0.1, 0.15) is 0 Å². The number of rotatable bonds is 0. The third-order valence-corrected chi connectivity index (χ3v) is 0. The van der Waals surface area contributed by atoms with Crippen LogP contribution < -0.4 is 33.2 Å². The molecular weight excluding hydrogens is 252 g/mol. The van der Waals surface area contributed by atoms with Gasteiger partial charge in [0.25, 0.3) is 0 Å². The summed E-state index contributed by atoms with van der Waals surface area (Å²) < 4.78 is 25.9. The molecule has 5 heavy (non-hydrogen) atoms. The van der Waals surface area contributed by atoms with Gasteiger partial charge >= 0.3 is 58.5 Å². The van der Waals surface area contributed by atoms with Gasteiger partial charge in [-0.25, -0.2) is 0 Å². The van der Waals surface area contributed by atoms with Crippen LogP contribution in [0.4, 0.5) is 0 Å². The summed E-state index contributed by atoms with van der Waals surface area (Å²) in [6, 6.07) is 0. The molecular formula is NaO3Ta. The van der Waals surface area contributed by atoms with Gasteiger partial charge in [-0.15, -0.1) is 0 Å². The van der Waals surface area contributed by atoms with Crippen molar-refractivity contribution in [2.24, 2.45) is 0 Å². The molecule has 0 N–H and O–H groups in total. The van der Waals surface area contributed by atoms with Crippen molar-refractivity contribution < 1.29 is 58.5 Å². The molecule has 0 amide bonds. The van der Waals surface area contributed by atoms with Crippen LogP contribution in [-0.2, 0) is 25.3 Å². The molecule has 0 atom stereocenters. The summed E-state index contributed by atoms with van der Waals surface area (Å²) in [5.41, 5.74) is 0. The summed E-state index contributed by atoms with van der Waals surface area (Å²) in [5, 5.41) is 0. The summed E-state index contributed by atoms with van der Waals surface area (Å²) in [5.74, 6) is 0. The molecule has 0 aliphatic heterocycles. The van der Waals surface area contributed by atoms with Gasteiger partial charge in [0, 0.05) is 0 Å². The van der Waals surface area contributed by atoms with Crippen LogP contribution in [0.5, 0.6) is 0 Å². The van der Waals surface area contributed by atoms with Gasteiger partial charge in [0.1, 0.15) is 0 Å². The van der Waals surface area contributed by atoms with E-state index in [9.17, 15) is 0 Å². The van der Waals surface area contributed by atoms with Crippen LogP contribution in [0.25, 0.3) is 0 Å². The Labute approximate surface area is 57.9 Å². The Balaban J connectivity index is 0. The van der Waals surface area contributed by atoms with Crippen molar-refractivity contribution in [3.05, 3.63) is 0 Å². The van der Waals surface area contributed by atoms with Crippen molar-refractivity contribution in [3.63, 3.8) is 0 Å². The van der Waals surface area contributed by atoms with Crippen molar-refractivity contribution in [2.75, 3.05) is 0 Å². The Kier molecular flexibility index (Phi) is 10.1. The van der Waals surface area contributed by atoms with Crippen LogP contribution in [0, 0.1) is 0 Å². The summed E-state index contributed by atoms with van der Waals surface area (Å²) in [4.78, 5) is 0. The first kappa shape index (κ1) is 9.57. The minimum atomic E-state index is -4.34. The van der Waals surface area contributed by atoms with Gasteiger partial charge in [0.2, 0.25) is 0 Å². The third-order valence-electron chi connectivity index (χ3n) is 0. The SMILES string of the molecule is [Na+].[O]=[Ta](=[O])[O-]. The maximum atomic E-state index is 8.62. The molecule has 3 nitrogen and oxygen atoms in total. The molecule has 0 saturated carbocycles. The van der Waals surface area contributed by atoms with E-state index in [1.54, 1.807) is 0 Å². The minimum absolute atomic E-state index is 0. The summed E-state index contributed by atoms with van der Waals surface area (Å²) in [7, 11) is 0. The molecule has 0 aromatic carbocycles. The van der Waals surface area contributed by atoms with Gasteiger partial charge in [0.15, 0.2) is 0 Å². The molecule has 0 bridgehead atoms. The molecule has 0 aromatic rings. The monoisotopic (exact) mass is 252 g/mol. The van der Waals surface area contributed by atoms with Crippen LogP contribution in [0.2, 0.25) is 0 Å². The third kappa shape index (κ3) is 34.1. The molecule has 0 aromatic heterocycles. The Hall–Kier alpha value is 1.30. The van der Waals surface area contributed by atoms with Gasteiger partial charge in [-0.1, -0.05) is 0 Å². The predicted octanol–water partition coefficient (Wildman–Crippen LogP) is -4.43. The standard InChI is InChI=1S/Na.3O.Ta/q+1;;;-1;. The summed E-state index contributed by atoms with van der Waals surface area (Å²) in [6.45, 7) is 0. The van der Waals surface area contributed by atoms with Crippen LogP contribution in [0.3, 0.4) is 0 Å². The summed E-state index contributed by atoms with van der Waals surface area (Å²) in [6.07, 6.45) is 0. The van der Waals surface area contributed by atoms with Gasteiger partial charge in [0.05, 0.1) is 0 Å². The average molecular weight is 252 g/mol. The second-order valence-corrected chi connectivity index (χ2v) is 1.83. The molecule has 0 saturated heterocycles. The van der Waals surface area contributed by atoms with Crippen LogP contribution >= 0.6 is 0 Å². The average Bonchev–Trinajstić information content (AvgIpc) is 0.811. The fraction of sp³-hybridized carbons (Fsp3) is 0. The molecule has 0 rings (SSSR count). The van der Waals surface area contributed by atoms with Gasteiger partial charge in [-0.05, 0) is 0 Å². The Bertz CT molecular complexity index is 55.3. The summed E-state index contributed by atoms with van der Waals surface area (Å²) >= 11 is -4.34. The van der Waals surface area contributed by atoms with Crippen molar-refractivity contribution >= 4 is 0 Å². The normalized spacial score (nSPS) is 5.00. The first-order valence-electron chi connectivity index (χ1n) is 0.548. The molecule has 0 unspecified atom stereocenters. The van der Waals surface area contributed by atoms with Crippen molar-refractivity contribution in [3.8, 4) is 0 Å². The second-order valence-electron chi connectivity index (χ2n) is 0.224. The molecule has 0 aliphatic carbocycles. The fourth-order valence-corrected chi connectivity index (χ4v) is 0. The van der Waals surface area contributed by atoms with Crippen molar-refractivity contribution in [2.45, 2.75) is 0 Å². The van der Waals surface area contributed by atoms with E-state index < -0.39 is 18.8 Å². The maximum absolute atomic E-state index is 8.62. The quantitative estimate of drug-likeness (QED) is 0.409. The van der Waals surface area contributed by atoms with E-state index >= 15 is 0 Å². The van der Waals surface area contributed by atoms with Crippen LogP contribution in [-0.4, -0.2) is 0 Å². The van der Waals surface area contributed by atoms with Gasteiger partial charge in [-0.2, -0.15) is 0 Å². The van der Waals surface area contributed by atoms with E-state index in [2.05, 4.69) is 0 Å². The number of hydrogen-bond donors (Lipinski definition) is 0. The second kappa shape index (κ2) is 5.30. The molecule has 0 radical (unpaired) electrons. The zero-order chi connectivity index (χ0) is 3.58. The number of hydrogen-bond acceptors (Lipinski definition) is 3. The Morgan fingerprint density at radius 1 is 1.40 bits per heavy atom. The van der Waals surface area contributed by atoms with E-state index in [1.165, 1.54) is 0 Å². The first-order valence-corrected chi connectivity index (χ1v) is 4.48. The molecule has 0 spiro atoms. The molecule has 0 fully saturated rings. The van der Waals surface area contributed by atoms with Crippen molar-refractivity contribution in [1.82, 2.24) is 0 Å². The van der Waals surface area contributed by atoms with Gasteiger partial charge in [-0.3, -0.25) is 0 Å². The van der Waals surface area contributed by atoms with E-state index in [4.69, 9.17) is 10.1 Å². The Morgan fingerprint density at radius 2 is 1.40 bits per heavy atom. The van der Waals surface area contributed by atoms with Crippen molar-refractivity contribution in [1.29, 1.82) is 0 Å². The first-order chi connectivity index (χ1) is 1.73. The van der Waals surface area contributed by atoms with E-state index in [0.29, 0.717) is 0 Å².